The van der Waals surface area contributed by atoms with E-state index in [4.69, 9.17) is 9.56 Å². The summed E-state index contributed by atoms with van der Waals surface area (Å²) in [4.78, 5) is 0. The molecule has 0 saturated heterocycles. The fourth-order valence-corrected chi connectivity index (χ4v) is 1.93. The van der Waals surface area contributed by atoms with Crippen LogP contribution in [0.3, 0.4) is 0 Å². The standard InChI is InChI=1S/C9H14N2O3S/c1-6-4-8(6)11-5-7-2-3-9(14-7)15(10,12)13/h2-3,6,8,11H,4-5H2,1H3,(H2,10,12,13). The Morgan fingerprint density at radius 1 is 1.60 bits per heavy atom. The number of primary sulfonamides is 1. The first kappa shape index (κ1) is 10.7. The molecule has 1 aromatic heterocycles. The zero-order valence-electron chi connectivity index (χ0n) is 8.43. The Kier molecular flexibility index (Phi) is 2.57. The number of nitrogens with one attached hydrogen (secondary N) is 1. The topological polar surface area (TPSA) is 85.3 Å². The highest BCUT2D eigenvalue weighted by Gasteiger charge is 2.31. The normalized spacial score (nSPS) is 25.5. The first-order chi connectivity index (χ1) is 6.97. The van der Waals surface area contributed by atoms with Gasteiger partial charge in [-0.25, -0.2) is 13.6 Å². The van der Waals surface area contributed by atoms with Gasteiger partial charge in [0.2, 0.25) is 5.09 Å². The molecule has 1 aliphatic carbocycles. The van der Waals surface area contributed by atoms with Gasteiger partial charge in [-0.15, -0.1) is 0 Å². The van der Waals surface area contributed by atoms with Crippen LogP contribution in [0, 0.1) is 5.92 Å². The summed E-state index contributed by atoms with van der Waals surface area (Å²) in [6.07, 6.45) is 1.17. The van der Waals surface area contributed by atoms with Crippen molar-refractivity contribution >= 4 is 10.0 Å². The lowest BCUT2D eigenvalue weighted by Crippen LogP contribution is -2.16. The average molecular weight is 230 g/mol. The van der Waals surface area contributed by atoms with E-state index in [2.05, 4.69) is 12.2 Å². The molecule has 3 N–H and O–H groups in total. The summed E-state index contributed by atoms with van der Waals surface area (Å²) < 4.78 is 26.9. The molecule has 1 aromatic rings. The second kappa shape index (κ2) is 3.62. The van der Waals surface area contributed by atoms with Crippen LogP contribution in [-0.4, -0.2) is 14.5 Å². The maximum Gasteiger partial charge on any atom is 0.271 e. The molecule has 1 heterocycles. The molecule has 1 aliphatic rings. The van der Waals surface area contributed by atoms with Gasteiger partial charge in [-0.1, -0.05) is 6.92 Å². The van der Waals surface area contributed by atoms with Gasteiger partial charge in [0.25, 0.3) is 10.0 Å². The second-order valence-corrected chi connectivity index (χ2v) is 5.46. The molecular formula is C9H14N2O3S. The lowest BCUT2D eigenvalue weighted by molar-refractivity contribution is 0.400. The maximum atomic E-state index is 10.9. The van der Waals surface area contributed by atoms with E-state index >= 15 is 0 Å². The Morgan fingerprint density at radius 3 is 2.73 bits per heavy atom. The summed E-state index contributed by atoms with van der Waals surface area (Å²) in [6.45, 7) is 2.71. The van der Waals surface area contributed by atoms with Crippen molar-refractivity contribution in [2.45, 2.75) is 31.0 Å². The van der Waals surface area contributed by atoms with Gasteiger partial charge in [0.15, 0.2) is 0 Å². The van der Waals surface area contributed by atoms with E-state index in [0.29, 0.717) is 24.3 Å². The zero-order chi connectivity index (χ0) is 11.1. The van der Waals surface area contributed by atoms with Crippen molar-refractivity contribution in [2.75, 3.05) is 0 Å². The number of nitrogens with two attached hydrogens (primary N) is 1. The van der Waals surface area contributed by atoms with Crippen molar-refractivity contribution in [1.29, 1.82) is 0 Å². The minimum absolute atomic E-state index is 0.178. The van der Waals surface area contributed by atoms with E-state index < -0.39 is 10.0 Å². The van der Waals surface area contributed by atoms with Crippen LogP contribution >= 0.6 is 0 Å². The Balaban J connectivity index is 1.95. The van der Waals surface area contributed by atoms with Gasteiger partial charge in [0, 0.05) is 6.04 Å². The summed E-state index contributed by atoms with van der Waals surface area (Å²) in [5.41, 5.74) is 0. The predicted molar refractivity (Wildman–Crippen MR) is 54.5 cm³/mol. The Labute approximate surface area is 88.7 Å². The fourth-order valence-electron chi connectivity index (χ4n) is 1.44. The molecule has 2 rings (SSSR count). The predicted octanol–water partition coefficient (Wildman–Crippen LogP) is 0.425. The summed E-state index contributed by atoms with van der Waals surface area (Å²) in [5, 5.41) is 8.00. The maximum absolute atomic E-state index is 10.9. The summed E-state index contributed by atoms with van der Waals surface area (Å²) in [7, 11) is -3.71. The van der Waals surface area contributed by atoms with Crippen molar-refractivity contribution in [3.05, 3.63) is 17.9 Å². The molecule has 5 nitrogen and oxygen atoms in total. The van der Waals surface area contributed by atoms with Crippen LogP contribution < -0.4 is 10.5 Å². The van der Waals surface area contributed by atoms with Crippen LogP contribution in [0.4, 0.5) is 0 Å². The van der Waals surface area contributed by atoms with E-state index in [1.807, 2.05) is 0 Å². The van der Waals surface area contributed by atoms with Gasteiger partial charge >= 0.3 is 0 Å². The second-order valence-electron chi connectivity index (χ2n) is 3.97. The van der Waals surface area contributed by atoms with Crippen LogP contribution in [0.1, 0.15) is 19.1 Å². The molecule has 0 aliphatic heterocycles. The van der Waals surface area contributed by atoms with Crippen molar-refractivity contribution < 1.29 is 12.8 Å². The van der Waals surface area contributed by atoms with Crippen LogP contribution in [0.2, 0.25) is 0 Å². The SMILES string of the molecule is CC1CC1NCc1ccc(S(N)(=O)=O)o1. The van der Waals surface area contributed by atoms with Crippen molar-refractivity contribution in [3.63, 3.8) is 0 Å². The van der Waals surface area contributed by atoms with Crippen LogP contribution in [0.25, 0.3) is 0 Å². The summed E-state index contributed by atoms with van der Waals surface area (Å²) in [6, 6.07) is 3.54. The molecule has 2 unspecified atom stereocenters. The highest BCUT2D eigenvalue weighted by atomic mass is 32.2. The first-order valence-corrected chi connectivity index (χ1v) is 6.36. The highest BCUT2D eigenvalue weighted by molar-refractivity contribution is 7.89. The molecule has 0 spiro atoms. The van der Waals surface area contributed by atoms with E-state index in [1.54, 1.807) is 6.07 Å². The monoisotopic (exact) mass is 230 g/mol. The van der Waals surface area contributed by atoms with Crippen molar-refractivity contribution in [3.8, 4) is 0 Å². The van der Waals surface area contributed by atoms with Gasteiger partial charge in [0.1, 0.15) is 5.76 Å². The molecule has 2 atom stereocenters. The smallest absolute Gasteiger partial charge is 0.271 e. The number of hydrogen-bond donors (Lipinski definition) is 2. The number of sulfonamides is 1. The number of hydrogen-bond acceptors (Lipinski definition) is 4. The third-order valence-corrected chi connectivity index (χ3v) is 3.35. The lowest BCUT2D eigenvalue weighted by Gasteiger charge is -1.99. The summed E-state index contributed by atoms with van der Waals surface area (Å²) >= 11 is 0. The molecule has 15 heavy (non-hydrogen) atoms. The lowest BCUT2D eigenvalue weighted by atomic mass is 10.4. The largest absolute Gasteiger partial charge is 0.447 e. The molecular weight excluding hydrogens is 216 g/mol. The zero-order valence-corrected chi connectivity index (χ0v) is 9.25. The van der Waals surface area contributed by atoms with E-state index in [0.717, 1.165) is 0 Å². The van der Waals surface area contributed by atoms with Crippen LogP contribution in [-0.2, 0) is 16.6 Å². The van der Waals surface area contributed by atoms with Crippen molar-refractivity contribution in [1.82, 2.24) is 5.32 Å². The molecule has 0 bridgehead atoms. The number of rotatable bonds is 4. The van der Waals surface area contributed by atoms with Gasteiger partial charge in [-0.05, 0) is 24.5 Å². The minimum Gasteiger partial charge on any atom is -0.447 e. The third kappa shape index (κ3) is 2.58. The highest BCUT2D eigenvalue weighted by Crippen LogP contribution is 2.29. The van der Waals surface area contributed by atoms with Crippen LogP contribution in [0.5, 0.6) is 0 Å². The molecule has 0 aromatic carbocycles. The van der Waals surface area contributed by atoms with Gasteiger partial charge < -0.3 is 9.73 Å². The van der Waals surface area contributed by atoms with E-state index in [1.165, 1.54) is 12.5 Å². The first-order valence-electron chi connectivity index (χ1n) is 4.82. The van der Waals surface area contributed by atoms with Gasteiger partial charge in [0.05, 0.1) is 6.54 Å². The molecule has 0 radical (unpaired) electrons. The Hall–Kier alpha value is -0.850. The third-order valence-electron chi connectivity index (χ3n) is 2.57. The van der Waals surface area contributed by atoms with Crippen molar-refractivity contribution in [2.24, 2.45) is 11.1 Å². The van der Waals surface area contributed by atoms with Crippen LogP contribution in [0.15, 0.2) is 21.6 Å². The van der Waals surface area contributed by atoms with Gasteiger partial charge in [-0.2, -0.15) is 0 Å². The molecule has 1 fully saturated rings. The summed E-state index contributed by atoms with van der Waals surface area (Å²) in [5.74, 6) is 1.30. The average Bonchev–Trinajstić information content (AvgIpc) is 2.66. The molecule has 84 valence electrons. The minimum atomic E-state index is -3.71. The van der Waals surface area contributed by atoms with E-state index in [-0.39, 0.29) is 5.09 Å². The quantitative estimate of drug-likeness (QED) is 0.785. The number of furan rings is 1. The molecule has 0 amide bonds. The van der Waals surface area contributed by atoms with Gasteiger partial charge in [-0.3, -0.25) is 0 Å². The molecule has 1 saturated carbocycles. The Bertz CT molecular complexity index is 452. The fraction of sp³-hybridized carbons (Fsp3) is 0.556. The van der Waals surface area contributed by atoms with E-state index in [9.17, 15) is 8.42 Å². The Morgan fingerprint density at radius 2 is 2.27 bits per heavy atom. The molecule has 6 heteroatoms.